The maximum absolute atomic E-state index is 4.32. The average molecular weight is 203 g/mol. The largest absolute Gasteiger partial charge is 1.00 e. The predicted molar refractivity (Wildman–Crippen MR) is 52.8 cm³/mol. The molecule has 0 amide bonds. The van der Waals surface area contributed by atoms with Gasteiger partial charge in [-0.1, -0.05) is 13.8 Å². The number of nitrogens with zero attached hydrogens (tertiary/aromatic N) is 2. The molecule has 13 heavy (non-hydrogen) atoms. The first-order chi connectivity index (χ1) is 5.60. The van der Waals surface area contributed by atoms with Crippen LogP contribution < -0.4 is 12.4 Å². The van der Waals surface area contributed by atoms with Crippen molar-refractivity contribution in [2.75, 3.05) is 13.1 Å². The van der Waals surface area contributed by atoms with Crippen molar-refractivity contribution in [3.05, 3.63) is 12.4 Å². The van der Waals surface area contributed by atoms with Crippen molar-refractivity contribution < 1.29 is 16.9 Å². The van der Waals surface area contributed by atoms with Gasteiger partial charge in [0.2, 0.25) is 5.84 Å². The summed E-state index contributed by atoms with van der Waals surface area (Å²) < 4.78 is 0.956. The smallest absolute Gasteiger partial charge is 0.204 e. The van der Waals surface area contributed by atoms with Crippen LogP contribution in [0, 0.1) is 5.92 Å². The second kappa shape index (κ2) is 4.77. The van der Waals surface area contributed by atoms with Gasteiger partial charge in [-0.25, -0.2) is 4.99 Å². The lowest BCUT2D eigenvalue weighted by atomic mass is 10.2. The zero-order valence-corrected chi connectivity index (χ0v) is 9.67. The van der Waals surface area contributed by atoms with Crippen LogP contribution in [0.15, 0.2) is 17.4 Å². The summed E-state index contributed by atoms with van der Waals surface area (Å²) >= 11 is 0. The molecule has 0 bridgehead atoms. The molecule has 1 aliphatic heterocycles. The summed E-state index contributed by atoms with van der Waals surface area (Å²) in [6.07, 6.45) is 4.14. The van der Waals surface area contributed by atoms with Crippen molar-refractivity contribution in [3.8, 4) is 0 Å². The number of halogens is 1. The second-order valence-corrected chi connectivity index (χ2v) is 3.90. The molecule has 0 radical (unpaired) electrons. The maximum atomic E-state index is 4.32. The van der Waals surface area contributed by atoms with Crippen LogP contribution in [-0.2, 0) is 0 Å². The lowest BCUT2D eigenvalue weighted by Crippen LogP contribution is -3.00. The summed E-state index contributed by atoms with van der Waals surface area (Å²) in [6.45, 7) is 11.1. The van der Waals surface area contributed by atoms with Crippen LogP contribution in [-0.4, -0.2) is 23.4 Å². The lowest BCUT2D eigenvalue weighted by molar-refractivity contribution is -0.788. The van der Waals surface area contributed by atoms with E-state index in [1.54, 1.807) is 0 Å². The normalized spacial score (nSPS) is 26.1. The minimum Gasteiger partial charge on any atom is -1.00 e. The third kappa shape index (κ3) is 2.55. The third-order valence-electron chi connectivity index (χ3n) is 2.51. The first-order valence-corrected chi connectivity index (χ1v) is 4.70. The Bertz CT molecular complexity index is 221. The van der Waals surface area contributed by atoms with Crippen molar-refractivity contribution in [1.82, 2.24) is 0 Å². The number of hydrogen-bond acceptors (Lipinski definition) is 1. The third-order valence-corrected chi connectivity index (χ3v) is 2.51. The average Bonchev–Trinajstić information content (AvgIpc) is 2.32. The van der Waals surface area contributed by atoms with Gasteiger partial charge in [-0.3, -0.25) is 4.48 Å². The van der Waals surface area contributed by atoms with Crippen molar-refractivity contribution in [1.29, 1.82) is 0 Å². The van der Waals surface area contributed by atoms with Gasteiger partial charge in [-0.2, -0.15) is 0 Å². The Morgan fingerprint density at radius 1 is 1.46 bits per heavy atom. The van der Waals surface area contributed by atoms with Crippen LogP contribution in [0.5, 0.6) is 0 Å². The topological polar surface area (TPSA) is 12.4 Å². The van der Waals surface area contributed by atoms with E-state index in [9.17, 15) is 0 Å². The molecule has 1 heterocycles. The van der Waals surface area contributed by atoms with Crippen LogP contribution in [0.1, 0.15) is 27.7 Å². The molecule has 76 valence electrons. The highest BCUT2D eigenvalue weighted by Crippen LogP contribution is 2.18. The van der Waals surface area contributed by atoms with Gasteiger partial charge < -0.3 is 12.4 Å². The van der Waals surface area contributed by atoms with Gasteiger partial charge in [0.15, 0.2) is 0 Å². The zero-order valence-electron chi connectivity index (χ0n) is 8.92. The van der Waals surface area contributed by atoms with Crippen LogP contribution in [0.2, 0.25) is 0 Å². The van der Waals surface area contributed by atoms with Crippen molar-refractivity contribution >= 4 is 5.84 Å². The number of hydrogen-bond donors (Lipinski definition) is 0. The first-order valence-electron chi connectivity index (χ1n) is 4.70. The van der Waals surface area contributed by atoms with Crippen LogP contribution >= 0.6 is 0 Å². The van der Waals surface area contributed by atoms with Crippen molar-refractivity contribution in [3.63, 3.8) is 0 Å². The summed E-state index contributed by atoms with van der Waals surface area (Å²) in [7, 11) is 0. The van der Waals surface area contributed by atoms with E-state index in [1.807, 2.05) is 6.20 Å². The van der Waals surface area contributed by atoms with Gasteiger partial charge in [0.05, 0.1) is 19.3 Å². The van der Waals surface area contributed by atoms with Crippen molar-refractivity contribution in [2.45, 2.75) is 27.7 Å². The van der Waals surface area contributed by atoms with E-state index in [0.717, 1.165) is 16.9 Å². The molecule has 1 rings (SSSR count). The van der Waals surface area contributed by atoms with E-state index in [2.05, 4.69) is 38.9 Å². The molecule has 0 fully saturated rings. The molecule has 2 nitrogen and oxygen atoms in total. The van der Waals surface area contributed by atoms with E-state index in [-0.39, 0.29) is 12.4 Å². The summed E-state index contributed by atoms with van der Waals surface area (Å²) in [5.41, 5.74) is 0. The minimum atomic E-state index is 0. The molecule has 0 spiro atoms. The van der Waals surface area contributed by atoms with E-state index in [0.29, 0.717) is 0 Å². The summed E-state index contributed by atoms with van der Waals surface area (Å²) in [4.78, 5) is 4.32. The number of amidine groups is 1. The Morgan fingerprint density at radius 3 is 2.38 bits per heavy atom. The predicted octanol–water partition coefficient (Wildman–Crippen LogP) is -0.614. The van der Waals surface area contributed by atoms with E-state index < -0.39 is 0 Å². The fourth-order valence-electron chi connectivity index (χ4n) is 1.80. The number of quaternary nitrogens is 1. The van der Waals surface area contributed by atoms with Gasteiger partial charge >= 0.3 is 0 Å². The van der Waals surface area contributed by atoms with Gasteiger partial charge in [0.25, 0.3) is 0 Å². The monoisotopic (exact) mass is 202 g/mol. The van der Waals surface area contributed by atoms with Crippen LogP contribution in [0.4, 0.5) is 0 Å². The second-order valence-electron chi connectivity index (χ2n) is 3.90. The Labute approximate surface area is 87.3 Å². The summed E-state index contributed by atoms with van der Waals surface area (Å²) in [5, 5.41) is 0. The van der Waals surface area contributed by atoms with Gasteiger partial charge in [-0.05, 0) is 6.92 Å². The molecule has 1 atom stereocenters. The Balaban J connectivity index is 0.00000144. The Morgan fingerprint density at radius 2 is 2.08 bits per heavy atom. The van der Waals surface area contributed by atoms with Crippen LogP contribution in [0.3, 0.4) is 0 Å². The zero-order chi connectivity index (χ0) is 9.19. The summed E-state index contributed by atoms with van der Waals surface area (Å²) in [6, 6.07) is 0. The molecule has 0 saturated heterocycles. The van der Waals surface area contributed by atoms with Gasteiger partial charge in [0.1, 0.15) is 6.20 Å². The molecule has 0 aromatic rings. The highest BCUT2D eigenvalue weighted by molar-refractivity contribution is 5.75. The molecule has 0 N–H and O–H groups in total. The molecular formula is C10H19ClN2. The standard InChI is InChI=1S/C10H19N2.ClH/c1-5-12(8-9(2)3)7-6-11-10(12)4;/h6-7,9H,5,8H2,1-4H3;1H/q+1;/p-1. The van der Waals surface area contributed by atoms with Crippen molar-refractivity contribution in [2.24, 2.45) is 10.9 Å². The lowest BCUT2D eigenvalue weighted by Gasteiger charge is -2.31. The molecule has 3 heteroatoms. The van der Waals surface area contributed by atoms with E-state index in [4.69, 9.17) is 0 Å². The van der Waals surface area contributed by atoms with Gasteiger partial charge in [0, 0.05) is 12.8 Å². The highest BCUT2D eigenvalue weighted by atomic mass is 35.5. The fourth-order valence-corrected chi connectivity index (χ4v) is 1.80. The molecule has 0 saturated carbocycles. The van der Waals surface area contributed by atoms with E-state index >= 15 is 0 Å². The highest BCUT2D eigenvalue weighted by Gasteiger charge is 2.30. The number of rotatable bonds is 3. The fraction of sp³-hybridized carbons (Fsp3) is 0.700. The molecular weight excluding hydrogens is 184 g/mol. The van der Waals surface area contributed by atoms with Crippen LogP contribution in [0.25, 0.3) is 0 Å². The molecule has 0 aliphatic carbocycles. The minimum absolute atomic E-state index is 0. The molecule has 0 aromatic carbocycles. The maximum Gasteiger partial charge on any atom is 0.204 e. The quantitative estimate of drug-likeness (QED) is 0.542. The number of aliphatic imine (C=N–C) groups is 1. The molecule has 0 aromatic heterocycles. The SMILES string of the molecule is CC[N+]1(CC(C)C)C=CN=C1C.[Cl-]. The molecule has 1 aliphatic rings. The summed E-state index contributed by atoms with van der Waals surface area (Å²) in [5.74, 6) is 1.95. The molecule has 1 unspecified atom stereocenters. The van der Waals surface area contributed by atoms with E-state index in [1.165, 1.54) is 12.4 Å². The Hall–Kier alpha value is -0.340. The Kier molecular flexibility index (Phi) is 4.65. The van der Waals surface area contributed by atoms with Gasteiger partial charge in [-0.15, -0.1) is 0 Å². The first kappa shape index (κ1) is 12.7.